The summed E-state index contributed by atoms with van der Waals surface area (Å²) < 4.78 is 12.6. The van der Waals surface area contributed by atoms with Gasteiger partial charge in [0.25, 0.3) is 0 Å². The zero-order chi connectivity index (χ0) is 18.4. The zero-order valence-corrected chi connectivity index (χ0v) is 16.5. The third-order valence-corrected chi connectivity index (χ3v) is 4.72. The van der Waals surface area contributed by atoms with Crippen molar-refractivity contribution in [3.05, 3.63) is 63.3 Å². The zero-order valence-electron chi connectivity index (χ0n) is 14.1. The summed E-state index contributed by atoms with van der Waals surface area (Å²) in [5, 5.41) is 10.4. The van der Waals surface area contributed by atoms with Gasteiger partial charge < -0.3 is 14.8 Å². The van der Waals surface area contributed by atoms with Crippen molar-refractivity contribution < 1.29 is 9.47 Å². The molecule has 8 heteroatoms. The van der Waals surface area contributed by atoms with Crippen LogP contribution in [0.4, 0.5) is 5.95 Å². The molecule has 0 fully saturated rings. The van der Waals surface area contributed by atoms with Crippen LogP contribution in [0.15, 0.2) is 47.2 Å². The Morgan fingerprint density at radius 1 is 1.15 bits per heavy atom. The van der Waals surface area contributed by atoms with E-state index in [9.17, 15) is 0 Å². The van der Waals surface area contributed by atoms with Crippen LogP contribution in [0.25, 0.3) is 0 Å². The van der Waals surface area contributed by atoms with E-state index in [-0.39, 0.29) is 0 Å². The fourth-order valence-corrected chi connectivity index (χ4v) is 2.99. The molecule has 26 heavy (non-hydrogen) atoms. The number of anilines is 1. The number of aromatic nitrogens is 3. The number of benzene rings is 2. The molecular formula is C18H18BrClN4O2. The summed E-state index contributed by atoms with van der Waals surface area (Å²) in [6.45, 7) is 3.40. The van der Waals surface area contributed by atoms with Crippen LogP contribution in [0.2, 0.25) is 5.02 Å². The van der Waals surface area contributed by atoms with Crippen LogP contribution >= 0.6 is 27.5 Å². The molecule has 136 valence electrons. The van der Waals surface area contributed by atoms with Gasteiger partial charge in [0, 0.05) is 21.6 Å². The first-order valence-electron chi connectivity index (χ1n) is 8.08. The van der Waals surface area contributed by atoms with Crippen molar-refractivity contribution in [2.45, 2.75) is 20.1 Å². The van der Waals surface area contributed by atoms with Gasteiger partial charge >= 0.3 is 0 Å². The Bertz CT molecular complexity index is 858. The van der Waals surface area contributed by atoms with Crippen LogP contribution in [-0.4, -0.2) is 21.8 Å². The highest BCUT2D eigenvalue weighted by atomic mass is 79.9. The number of aromatic amines is 1. The fraction of sp³-hybridized carbons (Fsp3) is 0.222. The number of hydrogen-bond acceptors (Lipinski definition) is 5. The van der Waals surface area contributed by atoms with E-state index in [0.717, 1.165) is 15.6 Å². The number of ether oxygens (including phenoxy) is 2. The molecule has 1 aromatic heterocycles. The lowest BCUT2D eigenvalue weighted by Gasteiger charge is -2.15. The van der Waals surface area contributed by atoms with E-state index >= 15 is 0 Å². The predicted molar refractivity (Wildman–Crippen MR) is 105 cm³/mol. The summed E-state index contributed by atoms with van der Waals surface area (Å²) in [6, 6.07) is 11.5. The van der Waals surface area contributed by atoms with Gasteiger partial charge in [-0.3, -0.25) is 0 Å². The van der Waals surface area contributed by atoms with Gasteiger partial charge in [-0.1, -0.05) is 45.7 Å². The van der Waals surface area contributed by atoms with Gasteiger partial charge in [0.1, 0.15) is 12.9 Å². The number of nitrogens with one attached hydrogen (secondary N) is 2. The molecule has 0 spiro atoms. The maximum atomic E-state index is 6.20. The molecular weight excluding hydrogens is 420 g/mol. The molecule has 0 aliphatic rings. The molecule has 0 saturated heterocycles. The highest BCUT2D eigenvalue weighted by Crippen LogP contribution is 2.35. The van der Waals surface area contributed by atoms with Crippen LogP contribution in [0.5, 0.6) is 11.5 Å². The molecule has 0 unspecified atom stereocenters. The lowest BCUT2D eigenvalue weighted by molar-refractivity contribution is 0.269. The van der Waals surface area contributed by atoms with Gasteiger partial charge in [0.2, 0.25) is 5.95 Å². The number of nitrogens with zero attached hydrogens (tertiary/aromatic N) is 2. The minimum Gasteiger partial charge on any atom is -0.490 e. The number of rotatable bonds is 8. The van der Waals surface area contributed by atoms with E-state index < -0.39 is 0 Å². The second-order valence-corrected chi connectivity index (χ2v) is 6.65. The Hall–Kier alpha value is -2.25. The average Bonchev–Trinajstić information content (AvgIpc) is 3.15. The molecule has 0 radical (unpaired) electrons. The third kappa shape index (κ3) is 4.68. The van der Waals surface area contributed by atoms with Crippen molar-refractivity contribution in [2.24, 2.45) is 0 Å². The van der Waals surface area contributed by atoms with E-state index in [1.165, 1.54) is 6.33 Å². The van der Waals surface area contributed by atoms with Crippen molar-refractivity contribution >= 4 is 33.5 Å². The molecule has 0 bridgehead atoms. The summed E-state index contributed by atoms with van der Waals surface area (Å²) in [6.07, 6.45) is 1.45. The van der Waals surface area contributed by atoms with Crippen LogP contribution in [0, 0.1) is 0 Å². The maximum absolute atomic E-state index is 6.20. The summed E-state index contributed by atoms with van der Waals surface area (Å²) in [7, 11) is 0. The minimum absolute atomic E-state index is 0.363. The normalized spacial score (nSPS) is 10.6. The Morgan fingerprint density at radius 2 is 1.96 bits per heavy atom. The van der Waals surface area contributed by atoms with Crippen LogP contribution in [0.1, 0.15) is 18.1 Å². The Kier molecular flexibility index (Phi) is 6.35. The summed E-state index contributed by atoms with van der Waals surface area (Å²) in [5.41, 5.74) is 1.93. The van der Waals surface area contributed by atoms with Crippen LogP contribution < -0.4 is 14.8 Å². The molecule has 1 heterocycles. The van der Waals surface area contributed by atoms with Gasteiger partial charge in [0.15, 0.2) is 11.5 Å². The molecule has 2 N–H and O–H groups in total. The van der Waals surface area contributed by atoms with Crippen LogP contribution in [0.3, 0.4) is 0 Å². The van der Waals surface area contributed by atoms with Gasteiger partial charge in [0.05, 0.1) is 6.61 Å². The molecule has 2 aromatic carbocycles. The minimum atomic E-state index is 0.363. The van der Waals surface area contributed by atoms with E-state index in [4.69, 9.17) is 21.1 Å². The monoisotopic (exact) mass is 436 g/mol. The summed E-state index contributed by atoms with van der Waals surface area (Å²) in [5.74, 6) is 1.94. The van der Waals surface area contributed by atoms with Gasteiger partial charge in [-0.2, -0.15) is 5.10 Å². The largest absolute Gasteiger partial charge is 0.490 e. The molecule has 0 amide bonds. The second-order valence-electron chi connectivity index (χ2n) is 5.39. The summed E-state index contributed by atoms with van der Waals surface area (Å²) >= 11 is 9.78. The third-order valence-electron chi connectivity index (χ3n) is 3.61. The number of hydrogen-bond donors (Lipinski definition) is 2. The first kappa shape index (κ1) is 18.5. The standard InChI is InChI=1S/C18H18BrClN4O2/c1-2-25-16-7-13(9-21-18-22-11-23-24-18)14(19)8-17(16)26-10-12-5-3-4-6-15(12)20/h3-8,11H,2,9-10H2,1H3,(H2,21,22,23,24). The molecule has 0 saturated carbocycles. The Labute approximate surface area is 165 Å². The SMILES string of the molecule is CCOc1cc(CNc2ncn[nH]2)c(Br)cc1OCc1ccccc1Cl. The maximum Gasteiger partial charge on any atom is 0.218 e. The quantitative estimate of drug-likeness (QED) is 0.529. The highest BCUT2D eigenvalue weighted by Gasteiger charge is 2.12. The van der Waals surface area contributed by atoms with E-state index in [0.29, 0.717) is 42.2 Å². The molecule has 0 aliphatic heterocycles. The van der Waals surface area contributed by atoms with Gasteiger partial charge in [-0.15, -0.1) is 0 Å². The van der Waals surface area contributed by atoms with Crippen molar-refractivity contribution in [2.75, 3.05) is 11.9 Å². The molecule has 3 aromatic rings. The molecule has 3 rings (SSSR count). The Morgan fingerprint density at radius 3 is 2.69 bits per heavy atom. The lowest BCUT2D eigenvalue weighted by atomic mass is 10.2. The number of halogens is 2. The number of H-pyrrole nitrogens is 1. The van der Waals surface area contributed by atoms with Crippen molar-refractivity contribution in [1.29, 1.82) is 0 Å². The van der Waals surface area contributed by atoms with Gasteiger partial charge in [-0.05, 0) is 30.7 Å². The molecule has 0 atom stereocenters. The van der Waals surface area contributed by atoms with Crippen molar-refractivity contribution in [1.82, 2.24) is 15.2 Å². The predicted octanol–water partition coefficient (Wildman–Crippen LogP) is 4.81. The first-order valence-corrected chi connectivity index (χ1v) is 9.25. The first-order chi connectivity index (χ1) is 12.7. The summed E-state index contributed by atoms with van der Waals surface area (Å²) in [4.78, 5) is 4.05. The van der Waals surface area contributed by atoms with Crippen molar-refractivity contribution in [3.63, 3.8) is 0 Å². The van der Waals surface area contributed by atoms with Crippen LogP contribution in [-0.2, 0) is 13.2 Å². The van der Waals surface area contributed by atoms with E-state index in [2.05, 4.69) is 36.4 Å². The highest BCUT2D eigenvalue weighted by molar-refractivity contribution is 9.10. The molecule has 0 aliphatic carbocycles. The topological polar surface area (TPSA) is 72.1 Å². The second kappa shape index (κ2) is 8.91. The van der Waals surface area contributed by atoms with Gasteiger partial charge in [-0.25, -0.2) is 10.1 Å². The Balaban J connectivity index is 1.76. The van der Waals surface area contributed by atoms with E-state index in [1.54, 1.807) is 0 Å². The fourth-order valence-electron chi connectivity index (χ4n) is 2.33. The average molecular weight is 438 g/mol. The smallest absolute Gasteiger partial charge is 0.218 e. The van der Waals surface area contributed by atoms with Crippen molar-refractivity contribution in [3.8, 4) is 11.5 Å². The molecule has 6 nitrogen and oxygen atoms in total. The van der Waals surface area contributed by atoms with E-state index in [1.807, 2.05) is 43.3 Å². The lowest BCUT2D eigenvalue weighted by Crippen LogP contribution is -2.05.